The van der Waals surface area contributed by atoms with Crippen LogP contribution >= 0.6 is 0 Å². The number of alkyl halides is 2. The molecular formula is C27H35F2N5O3. The van der Waals surface area contributed by atoms with Crippen LogP contribution in [-0.4, -0.2) is 82.3 Å². The number of aromatic amines is 1. The molecule has 5 rings (SSSR count). The second-order valence-electron chi connectivity index (χ2n) is 10.7. The van der Waals surface area contributed by atoms with E-state index in [4.69, 9.17) is 4.74 Å². The van der Waals surface area contributed by atoms with Gasteiger partial charge in [0.2, 0.25) is 5.92 Å². The number of fused-ring (bicyclic) bond motifs is 3. The molecule has 0 bridgehead atoms. The van der Waals surface area contributed by atoms with Crippen LogP contribution in [0.4, 0.5) is 8.78 Å². The molecule has 0 radical (unpaired) electrons. The van der Waals surface area contributed by atoms with Gasteiger partial charge in [0.1, 0.15) is 0 Å². The fourth-order valence-corrected chi connectivity index (χ4v) is 5.80. The lowest BCUT2D eigenvalue weighted by Gasteiger charge is -2.40. The van der Waals surface area contributed by atoms with Crippen LogP contribution in [-0.2, 0) is 11.3 Å². The second-order valence-corrected chi connectivity index (χ2v) is 10.7. The lowest BCUT2D eigenvalue weighted by Crippen LogP contribution is -2.53. The predicted molar refractivity (Wildman–Crippen MR) is 138 cm³/mol. The number of nitrogens with zero attached hydrogens (tertiary/aromatic N) is 4. The molecule has 2 aromatic heterocycles. The van der Waals surface area contributed by atoms with Gasteiger partial charge in [-0.3, -0.25) is 19.2 Å². The third-order valence-corrected chi connectivity index (χ3v) is 7.88. The maximum atomic E-state index is 13.7. The number of aryl methyl sites for hydroxylation is 1. The first-order valence-corrected chi connectivity index (χ1v) is 13.1. The summed E-state index contributed by atoms with van der Waals surface area (Å²) in [5, 5.41) is 5.47. The number of H-pyrrole nitrogens is 1. The Morgan fingerprint density at radius 1 is 1.22 bits per heavy atom. The number of piperazine rings is 1. The van der Waals surface area contributed by atoms with E-state index < -0.39 is 5.92 Å². The molecule has 1 atom stereocenters. The largest absolute Gasteiger partial charge is 0.385 e. The molecule has 2 aliphatic rings. The minimum atomic E-state index is -2.62. The summed E-state index contributed by atoms with van der Waals surface area (Å²) < 4.78 is 33.6. The van der Waals surface area contributed by atoms with E-state index in [-0.39, 0.29) is 36.3 Å². The van der Waals surface area contributed by atoms with Crippen LogP contribution in [0.5, 0.6) is 0 Å². The van der Waals surface area contributed by atoms with Gasteiger partial charge in [-0.15, -0.1) is 0 Å². The molecule has 1 saturated heterocycles. The highest BCUT2D eigenvalue weighted by Gasteiger charge is 2.45. The standard InChI is InChI=1S/C27H35F2N5O3/c1-17-10-23-21(24-22(25(35)31-23)14-30-34(24)16-19-12-27(28,29)13-19)11-20(17)26(36)33-8-7-32(18(2)15-33)6-4-5-9-37-3/h10-11,14,18-19H,4-9,12-13,15-16H2,1-3H3,(H,31,35)/t18-/m0/s1. The Balaban J connectivity index is 1.40. The summed E-state index contributed by atoms with van der Waals surface area (Å²) >= 11 is 0. The zero-order chi connectivity index (χ0) is 26.3. The number of methoxy groups -OCH3 is 1. The second kappa shape index (κ2) is 10.1. The molecule has 0 unspecified atom stereocenters. The number of aromatic nitrogens is 3. The van der Waals surface area contributed by atoms with E-state index in [2.05, 4.69) is 21.9 Å². The average Bonchev–Trinajstić information content (AvgIpc) is 3.25. The Morgan fingerprint density at radius 2 is 2.00 bits per heavy atom. The molecule has 37 heavy (non-hydrogen) atoms. The van der Waals surface area contributed by atoms with Crippen LogP contribution in [0.1, 0.15) is 48.5 Å². The van der Waals surface area contributed by atoms with Crippen LogP contribution in [0, 0.1) is 12.8 Å². The molecule has 10 heteroatoms. The van der Waals surface area contributed by atoms with Crippen molar-refractivity contribution >= 4 is 27.7 Å². The number of nitrogens with one attached hydrogen (secondary N) is 1. The minimum absolute atomic E-state index is 0.0330. The first-order valence-electron chi connectivity index (χ1n) is 13.1. The number of hydrogen-bond acceptors (Lipinski definition) is 5. The van der Waals surface area contributed by atoms with Gasteiger partial charge in [0.15, 0.2) is 0 Å². The van der Waals surface area contributed by atoms with Gasteiger partial charge in [-0.05, 0) is 56.8 Å². The molecule has 1 aromatic carbocycles. The molecule has 8 nitrogen and oxygen atoms in total. The minimum Gasteiger partial charge on any atom is -0.385 e. The molecule has 1 amide bonds. The van der Waals surface area contributed by atoms with Crippen molar-refractivity contribution in [1.82, 2.24) is 24.6 Å². The fraction of sp³-hybridized carbons (Fsp3) is 0.593. The Bertz CT molecular complexity index is 1360. The van der Waals surface area contributed by atoms with E-state index in [1.807, 2.05) is 24.0 Å². The summed E-state index contributed by atoms with van der Waals surface area (Å²) in [7, 11) is 1.72. The Morgan fingerprint density at radius 3 is 2.70 bits per heavy atom. The highest BCUT2D eigenvalue weighted by Crippen LogP contribution is 2.43. The smallest absolute Gasteiger partial charge is 0.259 e. The Hall–Kier alpha value is -2.85. The van der Waals surface area contributed by atoms with Crippen LogP contribution in [0.2, 0.25) is 0 Å². The topological polar surface area (TPSA) is 83.5 Å². The number of amides is 1. The molecule has 1 saturated carbocycles. The third kappa shape index (κ3) is 5.13. The fourth-order valence-electron chi connectivity index (χ4n) is 5.80. The molecule has 3 aromatic rings. The van der Waals surface area contributed by atoms with Gasteiger partial charge >= 0.3 is 0 Å². The number of carbonyl (C=O) groups excluding carboxylic acids is 1. The van der Waals surface area contributed by atoms with Crippen LogP contribution < -0.4 is 5.56 Å². The summed E-state index contributed by atoms with van der Waals surface area (Å²) in [4.78, 5) is 33.6. The zero-order valence-electron chi connectivity index (χ0n) is 21.7. The molecule has 200 valence electrons. The van der Waals surface area contributed by atoms with Crippen molar-refractivity contribution in [3.05, 3.63) is 39.8 Å². The number of rotatable bonds is 8. The first kappa shape index (κ1) is 25.8. The van der Waals surface area contributed by atoms with Crippen LogP contribution in [0.3, 0.4) is 0 Å². The van der Waals surface area contributed by atoms with Crippen molar-refractivity contribution in [1.29, 1.82) is 0 Å². The van der Waals surface area contributed by atoms with Gasteiger partial charge in [0.05, 0.1) is 22.6 Å². The van der Waals surface area contributed by atoms with Gasteiger partial charge in [-0.25, -0.2) is 8.78 Å². The van der Waals surface area contributed by atoms with Crippen molar-refractivity contribution in [2.45, 2.75) is 58.0 Å². The average molecular weight is 516 g/mol. The summed E-state index contributed by atoms with van der Waals surface area (Å²) in [5.74, 6) is -2.84. The molecule has 0 spiro atoms. The van der Waals surface area contributed by atoms with Crippen LogP contribution in [0.25, 0.3) is 21.8 Å². The van der Waals surface area contributed by atoms with Crippen molar-refractivity contribution in [2.24, 2.45) is 5.92 Å². The number of hydrogen-bond donors (Lipinski definition) is 1. The number of ether oxygens (including phenoxy) is 1. The maximum absolute atomic E-state index is 13.7. The van der Waals surface area contributed by atoms with Crippen molar-refractivity contribution in [3.63, 3.8) is 0 Å². The van der Waals surface area contributed by atoms with Gasteiger partial charge < -0.3 is 14.6 Å². The number of unbranched alkanes of at least 4 members (excludes halogenated alkanes) is 1. The van der Waals surface area contributed by atoms with Crippen molar-refractivity contribution in [3.8, 4) is 0 Å². The van der Waals surface area contributed by atoms with E-state index in [1.165, 1.54) is 6.20 Å². The molecule has 1 N–H and O–H groups in total. The normalized spacial score (nSPS) is 20.6. The number of carbonyl (C=O) groups is 1. The quantitative estimate of drug-likeness (QED) is 0.462. The highest BCUT2D eigenvalue weighted by molar-refractivity contribution is 6.07. The number of halogens is 2. The van der Waals surface area contributed by atoms with Gasteiger partial charge in [0, 0.05) is 69.7 Å². The van der Waals surface area contributed by atoms with Crippen molar-refractivity contribution in [2.75, 3.05) is 39.9 Å². The third-order valence-electron chi connectivity index (χ3n) is 7.88. The van der Waals surface area contributed by atoms with E-state index in [0.29, 0.717) is 47.0 Å². The van der Waals surface area contributed by atoms with Gasteiger partial charge in [-0.1, -0.05) is 0 Å². The number of benzene rings is 1. The van der Waals surface area contributed by atoms with E-state index in [9.17, 15) is 18.4 Å². The van der Waals surface area contributed by atoms with Gasteiger partial charge in [0.25, 0.3) is 11.5 Å². The zero-order valence-corrected chi connectivity index (χ0v) is 21.7. The predicted octanol–water partition coefficient (Wildman–Crippen LogP) is 3.80. The lowest BCUT2D eigenvalue weighted by atomic mass is 9.81. The molecule has 1 aliphatic carbocycles. The summed E-state index contributed by atoms with van der Waals surface area (Å²) in [6.45, 7) is 8.22. The van der Waals surface area contributed by atoms with E-state index in [0.717, 1.165) is 38.1 Å². The summed E-state index contributed by atoms with van der Waals surface area (Å²) in [6.07, 6.45) is 3.23. The van der Waals surface area contributed by atoms with E-state index in [1.54, 1.807) is 11.8 Å². The van der Waals surface area contributed by atoms with Crippen LogP contribution in [0.15, 0.2) is 23.1 Å². The Kier molecular flexibility index (Phi) is 7.06. The SMILES string of the molecule is COCCCCN1CCN(C(=O)c2cc3c(cc2C)[nH]c(=O)c2cnn(CC4CC(F)(F)C4)c23)C[C@@H]1C. The number of pyridine rings is 1. The summed E-state index contributed by atoms with van der Waals surface area (Å²) in [6, 6.07) is 3.92. The molecule has 1 aliphatic heterocycles. The molecule has 2 fully saturated rings. The summed E-state index contributed by atoms with van der Waals surface area (Å²) in [5.41, 5.74) is 2.30. The molecule has 3 heterocycles. The van der Waals surface area contributed by atoms with E-state index >= 15 is 0 Å². The lowest BCUT2D eigenvalue weighted by molar-refractivity contribution is -0.114. The maximum Gasteiger partial charge on any atom is 0.259 e. The van der Waals surface area contributed by atoms with Crippen molar-refractivity contribution < 1.29 is 18.3 Å². The highest BCUT2D eigenvalue weighted by atomic mass is 19.3. The Labute approximate surface area is 214 Å². The molecular weight excluding hydrogens is 480 g/mol. The first-order chi connectivity index (χ1) is 17.7. The van der Waals surface area contributed by atoms with Gasteiger partial charge in [-0.2, -0.15) is 5.10 Å². The monoisotopic (exact) mass is 515 g/mol.